The van der Waals surface area contributed by atoms with Gasteiger partial charge in [0, 0.05) is 12.0 Å². The van der Waals surface area contributed by atoms with E-state index in [-0.39, 0.29) is 10.8 Å². The summed E-state index contributed by atoms with van der Waals surface area (Å²) in [5.74, 6) is -0.00391. The van der Waals surface area contributed by atoms with Gasteiger partial charge in [0.25, 0.3) is 0 Å². The van der Waals surface area contributed by atoms with Crippen LogP contribution in [0.3, 0.4) is 0 Å². The van der Waals surface area contributed by atoms with Crippen LogP contribution in [-0.4, -0.2) is 23.2 Å². The lowest BCUT2D eigenvalue weighted by atomic mass is 9.66. The Morgan fingerprint density at radius 1 is 1.50 bits per heavy atom. The van der Waals surface area contributed by atoms with Crippen molar-refractivity contribution < 1.29 is 9.90 Å². The summed E-state index contributed by atoms with van der Waals surface area (Å²) in [7, 11) is 0. The second-order valence-corrected chi connectivity index (χ2v) is 5.75. The average molecular weight is 195 g/mol. The summed E-state index contributed by atoms with van der Waals surface area (Å²) in [6.45, 7) is 5.34. The Morgan fingerprint density at radius 2 is 2.21 bits per heavy atom. The summed E-state index contributed by atoms with van der Waals surface area (Å²) in [5.41, 5.74) is -0.396. The fourth-order valence-corrected chi connectivity index (χ4v) is 4.48. The first-order chi connectivity index (χ1) is 6.46. The molecule has 3 fully saturated rings. The van der Waals surface area contributed by atoms with Gasteiger partial charge in [-0.15, -0.1) is 0 Å². The van der Waals surface area contributed by atoms with Crippen LogP contribution in [0.1, 0.15) is 33.1 Å². The zero-order chi connectivity index (χ0) is 10.2. The predicted molar refractivity (Wildman–Crippen MR) is 51.9 cm³/mol. The van der Waals surface area contributed by atoms with Gasteiger partial charge in [-0.3, -0.25) is 4.79 Å². The van der Waals surface area contributed by atoms with E-state index in [0.29, 0.717) is 5.92 Å². The molecule has 1 aliphatic heterocycles. The first-order valence-corrected chi connectivity index (χ1v) is 5.45. The smallest absolute Gasteiger partial charge is 0.324 e. The first kappa shape index (κ1) is 8.72. The molecular weight excluding hydrogens is 178 g/mol. The molecule has 1 heterocycles. The number of rotatable bonds is 1. The molecule has 2 aliphatic carbocycles. The molecule has 3 heteroatoms. The van der Waals surface area contributed by atoms with Gasteiger partial charge in [0.15, 0.2) is 0 Å². The third kappa shape index (κ3) is 0.553. The molecule has 4 atom stereocenters. The highest BCUT2D eigenvalue weighted by Crippen LogP contribution is 2.72. The van der Waals surface area contributed by atoms with Gasteiger partial charge in [-0.25, -0.2) is 0 Å². The van der Waals surface area contributed by atoms with E-state index in [2.05, 4.69) is 19.2 Å². The highest BCUT2D eigenvalue weighted by molar-refractivity contribution is 5.82. The molecular formula is C11H17NO2. The van der Waals surface area contributed by atoms with E-state index in [1.807, 2.05) is 0 Å². The Kier molecular flexibility index (Phi) is 1.25. The molecule has 3 aliphatic rings. The van der Waals surface area contributed by atoms with Gasteiger partial charge >= 0.3 is 5.97 Å². The van der Waals surface area contributed by atoms with Crippen LogP contribution < -0.4 is 5.32 Å². The van der Waals surface area contributed by atoms with Gasteiger partial charge in [-0.05, 0) is 30.6 Å². The van der Waals surface area contributed by atoms with Gasteiger partial charge in [-0.2, -0.15) is 0 Å². The quantitative estimate of drug-likeness (QED) is 0.662. The standard InChI is InChI=1S/C11H17NO2/c1-9-6-12-11(8(13)14)5-7(9)3-4-10(9,11)2/h7,12H,3-6H2,1-2H3,(H,13,14)/t7?,9?,10?,11-/m1/s1. The lowest BCUT2D eigenvalue weighted by Crippen LogP contribution is -2.57. The van der Waals surface area contributed by atoms with Crippen molar-refractivity contribution in [3.8, 4) is 0 Å². The maximum absolute atomic E-state index is 11.5. The Morgan fingerprint density at radius 3 is 2.64 bits per heavy atom. The number of carboxylic acids is 1. The maximum Gasteiger partial charge on any atom is 0.324 e. The molecule has 0 aromatic heterocycles. The third-order valence-corrected chi connectivity index (χ3v) is 5.77. The van der Waals surface area contributed by atoms with Crippen molar-refractivity contribution in [1.82, 2.24) is 5.32 Å². The highest BCUT2D eigenvalue weighted by atomic mass is 16.4. The third-order valence-electron chi connectivity index (χ3n) is 5.77. The zero-order valence-electron chi connectivity index (χ0n) is 8.76. The lowest BCUT2D eigenvalue weighted by molar-refractivity contribution is -0.149. The second-order valence-electron chi connectivity index (χ2n) is 5.75. The summed E-state index contributed by atoms with van der Waals surface area (Å²) in [6.07, 6.45) is 3.15. The summed E-state index contributed by atoms with van der Waals surface area (Å²) >= 11 is 0. The fraction of sp³-hybridized carbons (Fsp3) is 0.909. The molecule has 0 amide bonds. The van der Waals surface area contributed by atoms with Crippen LogP contribution in [0.2, 0.25) is 0 Å². The molecule has 0 aromatic carbocycles. The topological polar surface area (TPSA) is 49.3 Å². The zero-order valence-corrected chi connectivity index (χ0v) is 8.76. The number of nitrogens with one attached hydrogen (secondary N) is 1. The summed E-state index contributed by atoms with van der Waals surface area (Å²) in [4.78, 5) is 11.5. The fourth-order valence-electron chi connectivity index (χ4n) is 4.48. The van der Waals surface area contributed by atoms with Crippen LogP contribution >= 0.6 is 0 Å². The molecule has 0 spiro atoms. The van der Waals surface area contributed by atoms with Crippen molar-refractivity contribution in [3.05, 3.63) is 0 Å². The molecule has 2 saturated carbocycles. The van der Waals surface area contributed by atoms with E-state index < -0.39 is 11.5 Å². The van der Waals surface area contributed by atoms with Crippen LogP contribution in [0.4, 0.5) is 0 Å². The minimum absolute atomic E-state index is 0.0174. The number of carboxylic acid groups (broad SMARTS) is 1. The molecule has 0 aromatic rings. The number of hydrogen-bond donors (Lipinski definition) is 2. The SMILES string of the molecule is CC12CN[C@@]3(C(=O)O)CC1CCC23C. The van der Waals surface area contributed by atoms with Crippen LogP contribution in [0.5, 0.6) is 0 Å². The van der Waals surface area contributed by atoms with Crippen LogP contribution in [-0.2, 0) is 4.79 Å². The largest absolute Gasteiger partial charge is 0.480 e. The van der Waals surface area contributed by atoms with Gasteiger partial charge in [0.1, 0.15) is 5.54 Å². The molecule has 3 rings (SSSR count). The van der Waals surface area contributed by atoms with Gasteiger partial charge in [0.2, 0.25) is 0 Å². The Hall–Kier alpha value is -0.570. The predicted octanol–water partition coefficient (Wildman–Crippen LogP) is 1.24. The van der Waals surface area contributed by atoms with Crippen molar-refractivity contribution in [3.63, 3.8) is 0 Å². The number of carbonyl (C=O) groups is 1. The van der Waals surface area contributed by atoms with Crippen molar-refractivity contribution in [2.45, 2.75) is 38.6 Å². The van der Waals surface area contributed by atoms with E-state index in [0.717, 1.165) is 19.4 Å². The van der Waals surface area contributed by atoms with E-state index in [9.17, 15) is 9.90 Å². The molecule has 2 N–H and O–H groups in total. The molecule has 78 valence electrons. The number of piperidine rings is 1. The van der Waals surface area contributed by atoms with Gasteiger partial charge in [-0.1, -0.05) is 13.8 Å². The highest BCUT2D eigenvalue weighted by Gasteiger charge is 2.77. The summed E-state index contributed by atoms with van der Waals surface area (Å²) in [6, 6.07) is 0. The van der Waals surface area contributed by atoms with Crippen LogP contribution in [0.25, 0.3) is 0 Å². The first-order valence-electron chi connectivity index (χ1n) is 5.45. The van der Waals surface area contributed by atoms with Crippen molar-refractivity contribution in [2.75, 3.05) is 6.54 Å². The minimum Gasteiger partial charge on any atom is -0.480 e. The lowest BCUT2D eigenvalue weighted by Gasteiger charge is -2.39. The Balaban J connectivity index is 2.18. The van der Waals surface area contributed by atoms with Crippen molar-refractivity contribution in [2.24, 2.45) is 16.7 Å². The van der Waals surface area contributed by atoms with Crippen LogP contribution in [0, 0.1) is 16.7 Å². The summed E-state index contributed by atoms with van der Waals surface area (Å²) < 4.78 is 0. The normalized spacial score (nSPS) is 59.4. The second kappa shape index (κ2) is 2.01. The number of hydrogen-bond acceptors (Lipinski definition) is 2. The van der Waals surface area contributed by atoms with Crippen molar-refractivity contribution >= 4 is 5.97 Å². The molecule has 3 unspecified atom stereocenters. The monoisotopic (exact) mass is 195 g/mol. The maximum atomic E-state index is 11.5. The van der Waals surface area contributed by atoms with Crippen molar-refractivity contribution in [1.29, 1.82) is 0 Å². The molecule has 0 radical (unpaired) electrons. The molecule has 1 saturated heterocycles. The van der Waals surface area contributed by atoms with Gasteiger partial charge in [0.05, 0.1) is 0 Å². The van der Waals surface area contributed by atoms with E-state index >= 15 is 0 Å². The molecule has 14 heavy (non-hydrogen) atoms. The molecule has 3 nitrogen and oxygen atoms in total. The molecule has 4 bridgehead atoms. The summed E-state index contributed by atoms with van der Waals surface area (Å²) in [5, 5.41) is 12.7. The number of aliphatic carboxylic acids is 1. The van der Waals surface area contributed by atoms with Crippen LogP contribution in [0.15, 0.2) is 0 Å². The van der Waals surface area contributed by atoms with Gasteiger partial charge < -0.3 is 10.4 Å². The van der Waals surface area contributed by atoms with E-state index in [1.165, 1.54) is 6.42 Å². The minimum atomic E-state index is -0.633. The van der Waals surface area contributed by atoms with E-state index in [4.69, 9.17) is 0 Å². The average Bonchev–Trinajstić information content (AvgIpc) is 2.58. The van der Waals surface area contributed by atoms with E-state index in [1.54, 1.807) is 0 Å². The Labute approximate surface area is 83.9 Å². The Bertz CT molecular complexity index is 329.